The molecule has 7 nitrogen and oxygen atoms in total. The van der Waals surface area contributed by atoms with Crippen LogP contribution in [0.5, 0.6) is 0 Å². The molecule has 1 aliphatic rings. The lowest BCUT2D eigenvalue weighted by molar-refractivity contribution is -0.132. The molecule has 2 amide bonds. The summed E-state index contributed by atoms with van der Waals surface area (Å²) in [6.45, 7) is 13.2. The number of nitrogens with one attached hydrogen (secondary N) is 1. The number of imidazole rings is 1. The number of aromatic nitrogens is 2. The van der Waals surface area contributed by atoms with Crippen LogP contribution in [0, 0.1) is 33.6 Å². The molecule has 180 valence electrons. The van der Waals surface area contributed by atoms with Gasteiger partial charge >= 0.3 is 0 Å². The number of rotatable bonds is 3. The number of fused-ring (bicyclic) bond motifs is 1. The first-order valence-electron chi connectivity index (χ1n) is 11.3. The van der Waals surface area contributed by atoms with Crippen molar-refractivity contribution in [2.45, 2.75) is 34.6 Å². The van der Waals surface area contributed by atoms with Gasteiger partial charge in [-0.3, -0.25) is 9.59 Å². The van der Waals surface area contributed by atoms with Crippen LogP contribution in [0.1, 0.15) is 41.0 Å². The lowest BCUT2D eigenvalue weighted by atomic mass is 10.0. The molecule has 1 saturated heterocycles. The Hall–Kier alpha value is -3.63. The molecule has 1 fully saturated rings. The molecule has 1 N–H and O–H groups in total. The van der Waals surface area contributed by atoms with E-state index < -0.39 is 0 Å². The molecule has 0 unspecified atom stereocenters. The van der Waals surface area contributed by atoms with Crippen LogP contribution in [0.3, 0.4) is 0 Å². The average Bonchev–Trinajstić information content (AvgIpc) is 3.16. The van der Waals surface area contributed by atoms with Crippen molar-refractivity contribution >= 4 is 17.5 Å². The number of pyridine rings is 1. The van der Waals surface area contributed by atoms with E-state index in [1.54, 1.807) is 11.8 Å². The van der Waals surface area contributed by atoms with Gasteiger partial charge in [-0.2, -0.15) is 0 Å². The molecular weight excluding hydrogens is 428 g/mol. The first-order chi connectivity index (χ1) is 16.3. The SMILES string of the molecule is C#C.CC(=O)N1CCOCC1.CCNC(=O)c1ccc(-c2nc3cc(C)ccn3c2C)c(C)c1. The number of nitrogens with zero attached hydrogens (tertiary/aromatic N) is 3. The van der Waals surface area contributed by atoms with E-state index in [1.165, 1.54) is 5.56 Å². The maximum Gasteiger partial charge on any atom is 0.251 e. The number of hydrogen-bond donors (Lipinski definition) is 1. The summed E-state index contributed by atoms with van der Waals surface area (Å²) >= 11 is 0. The number of hydrogen-bond acceptors (Lipinski definition) is 4. The Morgan fingerprint density at radius 3 is 2.32 bits per heavy atom. The molecule has 0 atom stereocenters. The summed E-state index contributed by atoms with van der Waals surface area (Å²) in [5.74, 6) is 0.114. The highest BCUT2D eigenvalue weighted by atomic mass is 16.5. The highest BCUT2D eigenvalue weighted by Gasteiger charge is 2.14. The Kier molecular flexibility index (Phi) is 9.84. The van der Waals surface area contributed by atoms with E-state index in [1.807, 2.05) is 32.0 Å². The van der Waals surface area contributed by atoms with Crippen molar-refractivity contribution in [3.8, 4) is 24.1 Å². The summed E-state index contributed by atoms with van der Waals surface area (Å²) < 4.78 is 7.15. The second kappa shape index (κ2) is 12.6. The predicted molar refractivity (Wildman–Crippen MR) is 136 cm³/mol. The highest BCUT2D eigenvalue weighted by molar-refractivity contribution is 5.95. The zero-order valence-corrected chi connectivity index (χ0v) is 20.7. The number of carbonyl (C=O) groups is 2. The zero-order valence-electron chi connectivity index (χ0n) is 20.7. The summed E-state index contributed by atoms with van der Waals surface area (Å²) in [5, 5.41) is 2.83. The van der Waals surface area contributed by atoms with E-state index >= 15 is 0 Å². The average molecular weight is 463 g/mol. The highest BCUT2D eigenvalue weighted by Crippen LogP contribution is 2.27. The molecule has 0 spiro atoms. The fraction of sp³-hybridized carbons (Fsp3) is 0.370. The molecule has 2 aromatic heterocycles. The van der Waals surface area contributed by atoms with Gasteiger partial charge in [0.15, 0.2) is 0 Å². The molecular formula is C27H34N4O3. The maximum absolute atomic E-state index is 12.0. The smallest absolute Gasteiger partial charge is 0.251 e. The molecule has 1 aromatic carbocycles. The number of ether oxygens (including phenoxy) is 1. The van der Waals surface area contributed by atoms with Crippen LogP contribution in [0.4, 0.5) is 0 Å². The van der Waals surface area contributed by atoms with Crippen molar-refractivity contribution in [1.82, 2.24) is 19.6 Å². The predicted octanol–water partition coefficient (Wildman–Crippen LogP) is 3.79. The van der Waals surface area contributed by atoms with Crippen LogP contribution >= 0.6 is 0 Å². The standard InChI is InChI=1S/C19H21N3O.C6H11NO2.C2H2/c1-5-20-19(23)15-6-7-16(13(3)11-15)18-14(4)22-9-8-12(2)10-17(22)21-18;1-6(8)7-2-4-9-5-3-7;1-2/h6-11H,5H2,1-4H3,(H,20,23);2-5H2,1H3;1-2H. The molecule has 7 heteroatoms. The van der Waals surface area contributed by atoms with Gasteiger partial charge in [0.1, 0.15) is 5.65 Å². The first kappa shape index (κ1) is 26.6. The number of morpholine rings is 1. The van der Waals surface area contributed by atoms with Gasteiger partial charge < -0.3 is 19.4 Å². The van der Waals surface area contributed by atoms with E-state index in [2.05, 4.69) is 54.7 Å². The van der Waals surface area contributed by atoms with Crippen LogP contribution in [0.25, 0.3) is 16.9 Å². The van der Waals surface area contributed by atoms with Gasteiger partial charge in [0.2, 0.25) is 5.91 Å². The number of benzene rings is 1. The number of aryl methyl sites for hydroxylation is 3. The Morgan fingerprint density at radius 1 is 1.09 bits per heavy atom. The van der Waals surface area contributed by atoms with Gasteiger partial charge in [0.05, 0.1) is 18.9 Å². The molecule has 1 aliphatic heterocycles. The van der Waals surface area contributed by atoms with Crippen molar-refractivity contribution in [3.63, 3.8) is 0 Å². The van der Waals surface area contributed by atoms with Gasteiger partial charge in [-0.25, -0.2) is 4.98 Å². The van der Waals surface area contributed by atoms with E-state index in [0.29, 0.717) is 25.3 Å². The summed E-state index contributed by atoms with van der Waals surface area (Å²) in [7, 11) is 0. The van der Waals surface area contributed by atoms with Crippen molar-refractivity contribution in [3.05, 3.63) is 58.9 Å². The van der Waals surface area contributed by atoms with Gasteiger partial charge in [-0.15, -0.1) is 12.8 Å². The fourth-order valence-electron chi connectivity index (χ4n) is 3.74. The molecule has 0 radical (unpaired) electrons. The number of amides is 2. The van der Waals surface area contributed by atoms with Crippen molar-refractivity contribution in [2.24, 2.45) is 0 Å². The monoisotopic (exact) mass is 462 g/mol. The minimum absolute atomic E-state index is 0.0375. The van der Waals surface area contributed by atoms with E-state index in [9.17, 15) is 9.59 Å². The molecule has 0 saturated carbocycles. The van der Waals surface area contributed by atoms with E-state index in [-0.39, 0.29) is 11.8 Å². The van der Waals surface area contributed by atoms with Crippen molar-refractivity contribution < 1.29 is 14.3 Å². The first-order valence-corrected chi connectivity index (χ1v) is 11.3. The second-order valence-corrected chi connectivity index (χ2v) is 7.99. The topological polar surface area (TPSA) is 75.9 Å². The van der Waals surface area contributed by atoms with Gasteiger partial charge in [0, 0.05) is 49.6 Å². The van der Waals surface area contributed by atoms with Crippen LogP contribution in [-0.4, -0.2) is 58.9 Å². The third-order valence-corrected chi connectivity index (χ3v) is 5.56. The molecule has 0 aliphatic carbocycles. The van der Waals surface area contributed by atoms with Gasteiger partial charge in [-0.1, -0.05) is 6.07 Å². The second-order valence-electron chi connectivity index (χ2n) is 7.99. The van der Waals surface area contributed by atoms with Crippen molar-refractivity contribution in [2.75, 3.05) is 32.8 Å². The number of carbonyl (C=O) groups excluding carboxylic acids is 2. The van der Waals surface area contributed by atoms with Gasteiger partial charge in [0.25, 0.3) is 5.91 Å². The normalized spacial score (nSPS) is 12.7. The van der Waals surface area contributed by atoms with E-state index in [4.69, 9.17) is 9.72 Å². The quantitative estimate of drug-likeness (QED) is 0.601. The molecule has 4 rings (SSSR count). The summed E-state index contributed by atoms with van der Waals surface area (Å²) in [6.07, 6.45) is 10.1. The molecule has 0 bridgehead atoms. The Morgan fingerprint density at radius 2 is 1.76 bits per heavy atom. The minimum Gasteiger partial charge on any atom is -0.378 e. The van der Waals surface area contributed by atoms with Crippen LogP contribution in [0.15, 0.2) is 36.5 Å². The Bertz CT molecular complexity index is 1160. The molecule has 3 aromatic rings. The van der Waals surface area contributed by atoms with E-state index in [0.717, 1.165) is 41.3 Å². The van der Waals surface area contributed by atoms with Gasteiger partial charge in [-0.05, 0) is 63.1 Å². The Labute approximate surface area is 202 Å². The lowest BCUT2D eigenvalue weighted by Crippen LogP contribution is -2.39. The van der Waals surface area contributed by atoms with Crippen LogP contribution in [0.2, 0.25) is 0 Å². The third-order valence-electron chi connectivity index (χ3n) is 5.56. The lowest BCUT2D eigenvalue weighted by Gasteiger charge is -2.25. The minimum atomic E-state index is -0.0375. The largest absolute Gasteiger partial charge is 0.378 e. The van der Waals surface area contributed by atoms with Crippen LogP contribution in [-0.2, 0) is 9.53 Å². The van der Waals surface area contributed by atoms with Crippen LogP contribution < -0.4 is 5.32 Å². The molecule has 3 heterocycles. The van der Waals surface area contributed by atoms with Crippen molar-refractivity contribution in [1.29, 1.82) is 0 Å². The number of terminal acetylenes is 1. The summed E-state index contributed by atoms with van der Waals surface area (Å²) in [5.41, 5.74) is 7.02. The zero-order chi connectivity index (χ0) is 25.3. The summed E-state index contributed by atoms with van der Waals surface area (Å²) in [4.78, 5) is 29.2. The third kappa shape index (κ3) is 6.46. The summed E-state index contributed by atoms with van der Waals surface area (Å²) in [6, 6.07) is 9.93. The Balaban J connectivity index is 0.000000311. The molecule has 34 heavy (non-hydrogen) atoms. The maximum atomic E-state index is 12.0. The fourth-order valence-corrected chi connectivity index (χ4v) is 3.74.